The van der Waals surface area contributed by atoms with Gasteiger partial charge in [0.15, 0.2) is 0 Å². The molecule has 0 radical (unpaired) electrons. The molecule has 1 aliphatic carbocycles. The number of nitrogens with one attached hydrogen (secondary N) is 1. The third kappa shape index (κ3) is 3.16. The highest BCUT2D eigenvalue weighted by Crippen LogP contribution is 2.40. The minimum Gasteiger partial charge on any atom is -0.306 e. The third-order valence-electron chi connectivity index (χ3n) is 5.50. The number of thiophene rings is 1. The standard InChI is InChI=1S/C21H22N4OS2/c1-13-7-8-14-17(11-13)28-20-18(14)19(22-12-23-20)27-10-4-9-25-16-6-3-2-5-15(16)24-21(25)26/h2-3,5-6,12-13H,4,7-11H2,1H3,(H,24,26)/t13-/m0/s1. The zero-order valence-electron chi connectivity index (χ0n) is 15.8. The second-order valence-electron chi connectivity index (χ2n) is 7.51. The molecule has 1 atom stereocenters. The van der Waals surface area contributed by atoms with Gasteiger partial charge >= 0.3 is 5.69 Å². The van der Waals surface area contributed by atoms with Crippen LogP contribution in [0.1, 0.15) is 30.2 Å². The average Bonchev–Trinajstić information content (AvgIpc) is 3.22. The van der Waals surface area contributed by atoms with Gasteiger partial charge < -0.3 is 4.98 Å². The van der Waals surface area contributed by atoms with E-state index in [1.165, 1.54) is 28.7 Å². The molecule has 144 valence electrons. The maximum Gasteiger partial charge on any atom is 0.326 e. The molecule has 5 rings (SSSR count). The number of hydrogen-bond acceptors (Lipinski definition) is 5. The molecule has 1 N–H and O–H groups in total. The first kappa shape index (κ1) is 17.9. The number of aromatic amines is 1. The summed E-state index contributed by atoms with van der Waals surface area (Å²) in [6, 6.07) is 7.85. The minimum absolute atomic E-state index is 0.0309. The highest BCUT2D eigenvalue weighted by molar-refractivity contribution is 7.99. The van der Waals surface area contributed by atoms with E-state index in [9.17, 15) is 4.79 Å². The Labute approximate surface area is 171 Å². The molecule has 0 aliphatic heterocycles. The molecule has 0 amide bonds. The number of hydrogen-bond donors (Lipinski definition) is 1. The number of H-pyrrole nitrogens is 1. The second-order valence-corrected chi connectivity index (χ2v) is 9.68. The molecular formula is C21H22N4OS2. The lowest BCUT2D eigenvalue weighted by molar-refractivity contribution is 0.509. The normalized spacial score (nSPS) is 16.7. The molecule has 28 heavy (non-hydrogen) atoms. The second kappa shape index (κ2) is 7.37. The van der Waals surface area contributed by atoms with Crippen LogP contribution in [-0.2, 0) is 19.4 Å². The largest absolute Gasteiger partial charge is 0.326 e. The number of thioether (sulfide) groups is 1. The van der Waals surface area contributed by atoms with Crippen LogP contribution in [-0.4, -0.2) is 25.3 Å². The number of aromatic nitrogens is 4. The fourth-order valence-corrected chi connectivity index (χ4v) is 6.44. The molecule has 0 bridgehead atoms. The predicted octanol–water partition coefficient (Wildman–Crippen LogP) is 4.64. The summed E-state index contributed by atoms with van der Waals surface area (Å²) in [6.07, 6.45) is 6.18. The van der Waals surface area contributed by atoms with Crippen molar-refractivity contribution in [2.75, 3.05) is 5.75 Å². The van der Waals surface area contributed by atoms with Crippen molar-refractivity contribution >= 4 is 44.3 Å². The van der Waals surface area contributed by atoms with Gasteiger partial charge in [-0.3, -0.25) is 4.57 Å². The Balaban J connectivity index is 1.33. The molecule has 0 fully saturated rings. The first-order chi connectivity index (χ1) is 13.7. The fourth-order valence-electron chi connectivity index (χ4n) is 4.08. The van der Waals surface area contributed by atoms with E-state index < -0.39 is 0 Å². The van der Waals surface area contributed by atoms with Crippen molar-refractivity contribution in [2.45, 2.75) is 44.2 Å². The molecule has 1 aromatic carbocycles. The highest BCUT2D eigenvalue weighted by atomic mass is 32.2. The van der Waals surface area contributed by atoms with Gasteiger partial charge in [-0.2, -0.15) is 0 Å². The van der Waals surface area contributed by atoms with Crippen molar-refractivity contribution < 1.29 is 0 Å². The summed E-state index contributed by atoms with van der Waals surface area (Å²) >= 11 is 3.64. The Hall–Kier alpha value is -2.12. The summed E-state index contributed by atoms with van der Waals surface area (Å²) in [5.74, 6) is 1.69. The third-order valence-corrected chi connectivity index (χ3v) is 7.74. The van der Waals surface area contributed by atoms with Gasteiger partial charge in [-0.15, -0.1) is 23.1 Å². The van der Waals surface area contributed by atoms with Crippen molar-refractivity contribution in [3.05, 3.63) is 51.5 Å². The van der Waals surface area contributed by atoms with Crippen LogP contribution in [0.4, 0.5) is 0 Å². The zero-order chi connectivity index (χ0) is 19.1. The maximum absolute atomic E-state index is 12.2. The lowest BCUT2D eigenvalue weighted by Crippen LogP contribution is -2.17. The lowest BCUT2D eigenvalue weighted by Gasteiger charge is -2.18. The monoisotopic (exact) mass is 410 g/mol. The number of benzene rings is 1. The van der Waals surface area contributed by atoms with Gasteiger partial charge in [-0.1, -0.05) is 19.1 Å². The summed E-state index contributed by atoms with van der Waals surface area (Å²) in [6.45, 7) is 3.05. The zero-order valence-corrected chi connectivity index (χ0v) is 17.4. The van der Waals surface area contributed by atoms with Gasteiger partial charge in [0.25, 0.3) is 0 Å². The Bertz CT molecular complexity index is 1210. The van der Waals surface area contributed by atoms with Crippen molar-refractivity contribution in [1.82, 2.24) is 19.5 Å². The molecule has 0 saturated carbocycles. The molecule has 3 aromatic heterocycles. The first-order valence-electron chi connectivity index (χ1n) is 9.76. The topological polar surface area (TPSA) is 63.6 Å². The smallest absolute Gasteiger partial charge is 0.306 e. The Morgan fingerprint density at radius 2 is 2.21 bits per heavy atom. The number of para-hydroxylation sites is 2. The van der Waals surface area contributed by atoms with E-state index in [0.29, 0.717) is 6.54 Å². The van der Waals surface area contributed by atoms with Crippen LogP contribution in [0.2, 0.25) is 0 Å². The van der Waals surface area contributed by atoms with Gasteiger partial charge in [0.2, 0.25) is 0 Å². The van der Waals surface area contributed by atoms with Crippen LogP contribution in [0, 0.1) is 5.92 Å². The van der Waals surface area contributed by atoms with Crippen LogP contribution in [0.5, 0.6) is 0 Å². The van der Waals surface area contributed by atoms with Gasteiger partial charge in [0.1, 0.15) is 16.2 Å². The van der Waals surface area contributed by atoms with Crippen molar-refractivity contribution in [3.8, 4) is 0 Å². The Morgan fingerprint density at radius 1 is 1.32 bits per heavy atom. The van der Waals surface area contributed by atoms with Crippen LogP contribution in [0.3, 0.4) is 0 Å². The quantitative estimate of drug-likeness (QED) is 0.296. The van der Waals surface area contributed by atoms with Crippen molar-refractivity contribution in [2.24, 2.45) is 5.92 Å². The van der Waals surface area contributed by atoms with E-state index in [4.69, 9.17) is 0 Å². The summed E-state index contributed by atoms with van der Waals surface area (Å²) in [5.41, 5.74) is 3.32. The SMILES string of the molecule is C[C@H]1CCc2c(sc3ncnc(SCCCn4c(=O)[nH]c5ccccc54)c23)C1. The number of rotatable bonds is 5. The van der Waals surface area contributed by atoms with Crippen LogP contribution < -0.4 is 5.69 Å². The van der Waals surface area contributed by atoms with E-state index >= 15 is 0 Å². The number of imidazole rings is 1. The van der Waals surface area contributed by atoms with E-state index in [1.807, 2.05) is 40.2 Å². The molecule has 1 aliphatic rings. The maximum atomic E-state index is 12.2. The minimum atomic E-state index is -0.0309. The van der Waals surface area contributed by atoms with Gasteiger partial charge in [-0.05, 0) is 49.3 Å². The van der Waals surface area contributed by atoms with E-state index in [2.05, 4.69) is 21.9 Å². The number of fused-ring (bicyclic) bond motifs is 4. The van der Waals surface area contributed by atoms with Gasteiger partial charge in [0.05, 0.1) is 11.0 Å². The van der Waals surface area contributed by atoms with Gasteiger partial charge in [0, 0.05) is 22.6 Å². The first-order valence-corrected chi connectivity index (χ1v) is 11.6. The predicted molar refractivity (Wildman–Crippen MR) is 117 cm³/mol. The van der Waals surface area contributed by atoms with E-state index in [0.717, 1.165) is 45.4 Å². The van der Waals surface area contributed by atoms with Crippen molar-refractivity contribution in [1.29, 1.82) is 0 Å². The van der Waals surface area contributed by atoms with Crippen LogP contribution >= 0.6 is 23.1 Å². The van der Waals surface area contributed by atoms with Crippen LogP contribution in [0.25, 0.3) is 21.3 Å². The molecule has 7 heteroatoms. The Kier molecular flexibility index (Phi) is 4.72. The highest BCUT2D eigenvalue weighted by Gasteiger charge is 2.23. The fraction of sp³-hybridized carbons (Fsp3) is 0.381. The molecule has 5 nitrogen and oxygen atoms in total. The van der Waals surface area contributed by atoms with E-state index in [-0.39, 0.29) is 5.69 Å². The number of aryl methyl sites for hydroxylation is 2. The average molecular weight is 411 g/mol. The van der Waals surface area contributed by atoms with Gasteiger partial charge in [-0.25, -0.2) is 14.8 Å². The molecule has 0 saturated heterocycles. The summed E-state index contributed by atoms with van der Waals surface area (Å²) in [5, 5.41) is 2.38. The molecule has 4 aromatic rings. The molecule has 3 heterocycles. The number of nitrogens with zero attached hydrogens (tertiary/aromatic N) is 3. The van der Waals surface area contributed by atoms with Crippen LogP contribution in [0.15, 0.2) is 40.4 Å². The Morgan fingerprint density at radius 3 is 3.14 bits per heavy atom. The molecular weight excluding hydrogens is 388 g/mol. The lowest BCUT2D eigenvalue weighted by atomic mass is 9.89. The summed E-state index contributed by atoms with van der Waals surface area (Å²) in [7, 11) is 0. The van der Waals surface area contributed by atoms with Crippen molar-refractivity contribution in [3.63, 3.8) is 0 Å². The summed E-state index contributed by atoms with van der Waals surface area (Å²) < 4.78 is 1.83. The molecule has 0 spiro atoms. The van der Waals surface area contributed by atoms with E-state index in [1.54, 1.807) is 18.1 Å². The summed E-state index contributed by atoms with van der Waals surface area (Å²) in [4.78, 5) is 26.9. The molecule has 0 unspecified atom stereocenters.